The fourth-order valence-electron chi connectivity index (χ4n) is 3.59. The first-order chi connectivity index (χ1) is 16.3. The van der Waals surface area contributed by atoms with E-state index in [1.54, 1.807) is 49.6 Å². The number of carbonyl (C=O) groups excluding carboxylic acids is 1. The Morgan fingerprint density at radius 3 is 2.47 bits per heavy atom. The van der Waals surface area contributed by atoms with Crippen molar-refractivity contribution in [3.63, 3.8) is 0 Å². The molecule has 0 fully saturated rings. The predicted octanol–water partition coefficient (Wildman–Crippen LogP) is 3.63. The molecule has 1 heterocycles. The molecule has 178 valence electrons. The second kappa shape index (κ2) is 9.82. The van der Waals surface area contributed by atoms with Crippen molar-refractivity contribution in [2.45, 2.75) is 17.5 Å². The fraction of sp³-hybridized carbons (Fsp3) is 0.208. The molecule has 0 unspecified atom stereocenters. The van der Waals surface area contributed by atoms with E-state index in [9.17, 15) is 13.2 Å². The topological polar surface area (TPSA) is 94.2 Å². The lowest BCUT2D eigenvalue weighted by Gasteiger charge is -2.34. The zero-order valence-electron chi connectivity index (χ0n) is 18.5. The van der Waals surface area contributed by atoms with Gasteiger partial charge in [0.2, 0.25) is 0 Å². The van der Waals surface area contributed by atoms with Crippen LogP contribution in [0, 0.1) is 0 Å². The van der Waals surface area contributed by atoms with Gasteiger partial charge in [-0.3, -0.25) is 9.10 Å². The van der Waals surface area contributed by atoms with E-state index in [1.807, 2.05) is 0 Å². The van der Waals surface area contributed by atoms with Crippen LogP contribution in [-0.2, 0) is 21.4 Å². The number of fused-ring (bicyclic) bond motifs is 1. The third-order valence-corrected chi connectivity index (χ3v) is 7.39. The maximum Gasteiger partial charge on any atom is 0.264 e. The van der Waals surface area contributed by atoms with Crippen LogP contribution in [0.15, 0.2) is 71.6 Å². The minimum Gasteiger partial charge on any atom is -0.493 e. The summed E-state index contributed by atoms with van der Waals surface area (Å²) in [5.74, 6) is 0.975. The molecule has 0 bridgehead atoms. The number of nitrogens with zero attached hydrogens (tertiary/aromatic N) is 1. The van der Waals surface area contributed by atoms with Crippen LogP contribution < -0.4 is 23.8 Å². The molecule has 0 radical (unpaired) electrons. The number of halogens is 1. The minimum absolute atomic E-state index is 0.0677. The average molecular weight is 503 g/mol. The first kappa shape index (κ1) is 23.7. The third-order valence-electron chi connectivity index (χ3n) is 5.34. The highest BCUT2D eigenvalue weighted by Gasteiger charge is 2.37. The second-order valence-corrected chi connectivity index (χ2v) is 9.77. The van der Waals surface area contributed by atoms with E-state index in [-0.39, 0.29) is 18.0 Å². The largest absolute Gasteiger partial charge is 0.493 e. The van der Waals surface area contributed by atoms with Gasteiger partial charge in [-0.05, 0) is 54.1 Å². The summed E-state index contributed by atoms with van der Waals surface area (Å²) in [6, 6.07) is 17.9. The molecule has 1 aliphatic rings. The molecule has 4 rings (SSSR count). The summed E-state index contributed by atoms with van der Waals surface area (Å²) < 4.78 is 44.4. The predicted molar refractivity (Wildman–Crippen MR) is 128 cm³/mol. The van der Waals surface area contributed by atoms with Crippen LogP contribution >= 0.6 is 11.6 Å². The molecule has 8 nitrogen and oxygen atoms in total. The van der Waals surface area contributed by atoms with E-state index in [0.717, 1.165) is 5.56 Å². The van der Waals surface area contributed by atoms with Crippen LogP contribution in [0.3, 0.4) is 0 Å². The highest BCUT2D eigenvalue weighted by molar-refractivity contribution is 7.92. The van der Waals surface area contributed by atoms with E-state index < -0.39 is 22.0 Å². The van der Waals surface area contributed by atoms with E-state index in [2.05, 4.69) is 5.32 Å². The Bertz CT molecular complexity index is 1300. The first-order valence-electron chi connectivity index (χ1n) is 10.4. The van der Waals surface area contributed by atoms with Crippen molar-refractivity contribution in [1.29, 1.82) is 0 Å². The average Bonchev–Trinajstić information content (AvgIpc) is 2.86. The molecule has 3 aromatic carbocycles. The molecule has 1 N–H and O–H groups in total. The van der Waals surface area contributed by atoms with Gasteiger partial charge in [-0.2, -0.15) is 0 Å². The van der Waals surface area contributed by atoms with Gasteiger partial charge in [0.05, 0.1) is 31.3 Å². The lowest BCUT2D eigenvalue weighted by atomic mass is 10.2. The maximum atomic E-state index is 13.4. The van der Waals surface area contributed by atoms with Crippen LogP contribution in [0.2, 0.25) is 5.02 Å². The first-order valence-corrected chi connectivity index (χ1v) is 12.2. The van der Waals surface area contributed by atoms with Crippen molar-refractivity contribution in [3.8, 4) is 17.2 Å². The number of hydrogen-bond acceptors (Lipinski definition) is 6. The molecular formula is C24H23ClN2O6S. The number of nitrogens with one attached hydrogen (secondary N) is 1. The van der Waals surface area contributed by atoms with Gasteiger partial charge in [0, 0.05) is 11.6 Å². The highest BCUT2D eigenvalue weighted by Crippen LogP contribution is 2.37. The molecule has 0 saturated carbocycles. The number of sulfonamides is 1. The molecule has 0 saturated heterocycles. The zero-order valence-corrected chi connectivity index (χ0v) is 20.1. The summed E-state index contributed by atoms with van der Waals surface area (Å²) >= 11 is 5.92. The van der Waals surface area contributed by atoms with Gasteiger partial charge in [-0.1, -0.05) is 29.8 Å². The zero-order chi connectivity index (χ0) is 24.3. The Labute approximate surface area is 203 Å². The number of benzene rings is 3. The minimum atomic E-state index is -3.96. The lowest BCUT2D eigenvalue weighted by Crippen LogP contribution is -2.50. The SMILES string of the molecule is COc1ccc(CNC(=O)[C@H]2CN(S(=O)(=O)c3ccc(Cl)cc3)c3ccccc3O2)cc1OC. The van der Waals surface area contributed by atoms with E-state index in [4.69, 9.17) is 25.8 Å². The lowest BCUT2D eigenvalue weighted by molar-refractivity contribution is -0.127. The Kier molecular flexibility index (Phi) is 6.85. The van der Waals surface area contributed by atoms with Crippen molar-refractivity contribution in [1.82, 2.24) is 5.32 Å². The number of rotatable bonds is 7. The van der Waals surface area contributed by atoms with E-state index in [1.165, 1.54) is 35.7 Å². The van der Waals surface area contributed by atoms with Gasteiger partial charge in [-0.15, -0.1) is 0 Å². The summed E-state index contributed by atoms with van der Waals surface area (Å²) in [5.41, 5.74) is 1.15. The Hall–Kier alpha value is -3.43. The maximum absolute atomic E-state index is 13.4. The highest BCUT2D eigenvalue weighted by atomic mass is 35.5. The number of methoxy groups -OCH3 is 2. The Morgan fingerprint density at radius 2 is 1.76 bits per heavy atom. The van der Waals surface area contributed by atoms with Crippen molar-refractivity contribution in [2.75, 3.05) is 25.1 Å². The van der Waals surface area contributed by atoms with Gasteiger partial charge in [0.25, 0.3) is 15.9 Å². The number of para-hydroxylation sites is 2. The van der Waals surface area contributed by atoms with Gasteiger partial charge >= 0.3 is 0 Å². The molecular weight excluding hydrogens is 480 g/mol. The van der Waals surface area contributed by atoms with Gasteiger partial charge in [0.15, 0.2) is 17.6 Å². The number of amides is 1. The van der Waals surface area contributed by atoms with Crippen LogP contribution in [0.5, 0.6) is 17.2 Å². The van der Waals surface area contributed by atoms with Crippen molar-refractivity contribution < 1.29 is 27.4 Å². The molecule has 1 aliphatic heterocycles. The summed E-state index contributed by atoms with van der Waals surface area (Å²) in [7, 11) is -0.884. The summed E-state index contributed by atoms with van der Waals surface area (Å²) in [6.07, 6.45) is -1.04. The number of carbonyl (C=O) groups is 1. The molecule has 1 atom stereocenters. The summed E-state index contributed by atoms with van der Waals surface area (Å²) in [5, 5.41) is 3.23. The molecule has 3 aromatic rings. The number of anilines is 1. The van der Waals surface area contributed by atoms with Crippen LogP contribution in [-0.4, -0.2) is 41.2 Å². The van der Waals surface area contributed by atoms with Gasteiger partial charge < -0.3 is 19.5 Å². The molecule has 0 spiro atoms. The summed E-state index contributed by atoms with van der Waals surface area (Å²) in [4.78, 5) is 13.0. The van der Waals surface area contributed by atoms with Crippen LogP contribution in [0.1, 0.15) is 5.56 Å². The van der Waals surface area contributed by atoms with Crippen molar-refractivity contribution in [2.24, 2.45) is 0 Å². The fourth-order valence-corrected chi connectivity index (χ4v) is 5.20. The molecule has 0 aliphatic carbocycles. The number of ether oxygens (including phenoxy) is 3. The quantitative estimate of drug-likeness (QED) is 0.530. The van der Waals surface area contributed by atoms with Gasteiger partial charge in [-0.25, -0.2) is 8.42 Å². The number of hydrogen-bond donors (Lipinski definition) is 1. The summed E-state index contributed by atoms with van der Waals surface area (Å²) in [6.45, 7) is 0.0182. The molecule has 0 aromatic heterocycles. The Balaban J connectivity index is 1.56. The van der Waals surface area contributed by atoms with Gasteiger partial charge in [0.1, 0.15) is 5.75 Å². The smallest absolute Gasteiger partial charge is 0.264 e. The van der Waals surface area contributed by atoms with Crippen LogP contribution in [0.4, 0.5) is 5.69 Å². The standard InChI is InChI=1S/C24H23ClN2O6S/c1-31-21-12-7-16(13-22(21)32-2)14-26-24(28)23-15-27(19-5-3-4-6-20(19)33-23)34(29,30)18-10-8-17(25)9-11-18/h3-13,23H,14-15H2,1-2H3,(H,26,28)/t23-/m1/s1. The van der Waals surface area contributed by atoms with Crippen LogP contribution in [0.25, 0.3) is 0 Å². The van der Waals surface area contributed by atoms with E-state index >= 15 is 0 Å². The van der Waals surface area contributed by atoms with Crippen molar-refractivity contribution >= 4 is 33.2 Å². The molecule has 10 heteroatoms. The third kappa shape index (κ3) is 4.76. The second-order valence-electron chi connectivity index (χ2n) is 7.47. The van der Waals surface area contributed by atoms with E-state index in [0.29, 0.717) is 28.0 Å². The van der Waals surface area contributed by atoms with Crippen molar-refractivity contribution in [3.05, 3.63) is 77.3 Å². The Morgan fingerprint density at radius 1 is 1.06 bits per heavy atom. The molecule has 1 amide bonds. The molecule has 34 heavy (non-hydrogen) atoms. The monoisotopic (exact) mass is 502 g/mol. The normalized spacial score (nSPS) is 15.1.